The third kappa shape index (κ3) is 4.98. The number of nitrogens with one attached hydrogen (secondary N) is 2. The molecule has 7 atom stereocenters. The first kappa shape index (κ1) is 36.7. The highest BCUT2D eigenvalue weighted by atomic mass is 32.2. The highest BCUT2D eigenvalue weighted by molar-refractivity contribution is 7.99. The lowest BCUT2D eigenvalue weighted by atomic mass is 9.72. The fraction of sp³-hybridized carbons (Fsp3) is 0.476. The Kier molecular flexibility index (Phi) is 8.47. The molecular weight excluding hydrogens is 753 g/mol. The van der Waals surface area contributed by atoms with E-state index in [0.717, 1.165) is 50.2 Å². The molecule has 0 aliphatic carbocycles. The molecule has 4 bridgehead atoms. The van der Waals surface area contributed by atoms with Crippen LogP contribution in [0.15, 0.2) is 24.3 Å². The zero-order valence-electron chi connectivity index (χ0n) is 32.7. The molecule has 7 aliphatic heterocycles. The number of methoxy groups -OCH3 is 2. The first-order valence-electron chi connectivity index (χ1n) is 19.5. The van der Waals surface area contributed by atoms with Gasteiger partial charge in [-0.05, 0) is 68.1 Å². The lowest BCUT2D eigenvalue weighted by Gasteiger charge is -2.62. The molecule has 2 fully saturated rings. The third-order valence-corrected chi connectivity index (χ3v) is 14.6. The van der Waals surface area contributed by atoms with E-state index >= 15 is 0 Å². The molecule has 1 spiro atoms. The molecule has 2 saturated heterocycles. The fourth-order valence-electron chi connectivity index (χ4n) is 10.8. The van der Waals surface area contributed by atoms with Crippen molar-refractivity contribution < 1.29 is 48.2 Å². The van der Waals surface area contributed by atoms with E-state index in [0.29, 0.717) is 60.1 Å². The standard InChI is InChI=1S/C42H46N4O10S/c1-7-45-26-13-21-12-18(2)34(52-6)33(48)28(21)31(45)32-38-30-29(37-36(54-17-55-37)19(3)35(30)56-20(4)47)27(46(32)40(26)49)15-53-41(50)42(16-57-38)39-23(10-11-43-42)24-14-22(51-5)8-9-25(24)44-39/h8-9,12,14,26-27,31-32,38,40,43-44,48-49H,7,10-11,13,15-17H2,1-6H3/t26-,27+,31-,32+,38-,40+,42-/m1/s1. The van der Waals surface area contributed by atoms with Crippen LogP contribution >= 0.6 is 11.8 Å². The number of aromatic nitrogens is 1. The number of carbonyl (C=O) groups is 2. The minimum Gasteiger partial charge on any atom is -0.504 e. The second kappa shape index (κ2) is 13.2. The van der Waals surface area contributed by atoms with E-state index in [1.165, 1.54) is 18.7 Å². The van der Waals surface area contributed by atoms with E-state index < -0.39 is 47.1 Å². The van der Waals surface area contributed by atoms with Gasteiger partial charge in [-0.3, -0.25) is 19.9 Å². The Bertz CT molecular complexity index is 2380. The van der Waals surface area contributed by atoms with Gasteiger partial charge in [0.2, 0.25) is 6.79 Å². The number of thioether (sulfide) groups is 1. The predicted octanol–water partition coefficient (Wildman–Crippen LogP) is 4.58. The smallest absolute Gasteiger partial charge is 0.333 e. The Hall–Kier alpha value is -4.67. The van der Waals surface area contributed by atoms with Crippen LogP contribution in [0.25, 0.3) is 10.9 Å². The molecule has 4 N–H and O–H groups in total. The van der Waals surface area contributed by atoms with Crippen molar-refractivity contribution in [3.05, 3.63) is 68.9 Å². The molecule has 0 saturated carbocycles. The van der Waals surface area contributed by atoms with Gasteiger partial charge in [-0.25, -0.2) is 4.79 Å². The van der Waals surface area contributed by atoms with Gasteiger partial charge in [-0.15, -0.1) is 11.8 Å². The number of benzene rings is 3. The molecule has 300 valence electrons. The number of H-pyrrole nitrogens is 1. The van der Waals surface area contributed by atoms with Crippen LogP contribution in [0.3, 0.4) is 0 Å². The van der Waals surface area contributed by atoms with Crippen LogP contribution in [0.2, 0.25) is 0 Å². The summed E-state index contributed by atoms with van der Waals surface area (Å²) in [6.07, 6.45) is 0.146. The van der Waals surface area contributed by atoms with Gasteiger partial charge in [0.25, 0.3) is 0 Å². The van der Waals surface area contributed by atoms with Crippen LogP contribution in [0.1, 0.15) is 75.8 Å². The SMILES string of the molecule is CCN1[C@@H]2Cc3cc(C)c(OC)c(O)c3[C@@H]1[C@H]1[C@@H]3SC[C@]4(NCCc5c4[nH]c4ccc(OC)cc54)C(=O)OC[C@@H](c4c5c(c(C)c(OC(C)=O)c43)OCO5)N1[C@H]2O. The minimum atomic E-state index is -1.28. The van der Waals surface area contributed by atoms with Gasteiger partial charge in [0, 0.05) is 58.4 Å². The molecule has 11 rings (SSSR count). The zero-order valence-corrected chi connectivity index (χ0v) is 33.5. The highest BCUT2D eigenvalue weighted by Gasteiger charge is 2.62. The normalized spacial score (nSPS) is 28.6. The van der Waals surface area contributed by atoms with Gasteiger partial charge in [-0.2, -0.15) is 0 Å². The van der Waals surface area contributed by atoms with Crippen LogP contribution in [-0.4, -0.2) is 102 Å². The van der Waals surface area contributed by atoms with Crippen molar-refractivity contribution in [1.82, 2.24) is 20.1 Å². The maximum Gasteiger partial charge on any atom is 0.333 e. The number of ether oxygens (including phenoxy) is 6. The van der Waals surface area contributed by atoms with Crippen molar-refractivity contribution in [3.63, 3.8) is 0 Å². The molecule has 0 unspecified atom stereocenters. The van der Waals surface area contributed by atoms with Crippen molar-refractivity contribution in [2.24, 2.45) is 0 Å². The number of likely N-dealkylation sites (N-methyl/N-ethyl adjacent to an activating group) is 1. The molecule has 4 aromatic rings. The Morgan fingerprint density at radius 3 is 2.63 bits per heavy atom. The van der Waals surface area contributed by atoms with Crippen molar-refractivity contribution in [3.8, 4) is 34.5 Å². The molecular formula is C42H46N4O10S. The van der Waals surface area contributed by atoms with Gasteiger partial charge < -0.3 is 43.6 Å². The number of esters is 2. The molecule has 7 aliphatic rings. The number of aliphatic hydroxyl groups is 1. The van der Waals surface area contributed by atoms with E-state index in [2.05, 4.69) is 33.1 Å². The second-order valence-electron chi connectivity index (χ2n) is 15.8. The number of nitrogens with zero attached hydrogens (tertiary/aromatic N) is 2. The van der Waals surface area contributed by atoms with Crippen molar-refractivity contribution in [2.75, 3.05) is 46.5 Å². The Labute approximate surface area is 333 Å². The number of aryl methyl sites for hydroxylation is 1. The van der Waals surface area contributed by atoms with E-state index in [-0.39, 0.29) is 30.9 Å². The molecule has 0 radical (unpaired) electrons. The summed E-state index contributed by atoms with van der Waals surface area (Å²) in [6, 6.07) is 5.83. The summed E-state index contributed by atoms with van der Waals surface area (Å²) in [5.41, 5.74) is 5.85. The van der Waals surface area contributed by atoms with Crippen molar-refractivity contribution in [2.45, 2.75) is 81.7 Å². The number of hydrogen-bond donors (Lipinski definition) is 4. The number of fused-ring (bicyclic) bond motifs is 11. The van der Waals surface area contributed by atoms with Crippen molar-refractivity contribution in [1.29, 1.82) is 0 Å². The maximum atomic E-state index is 14.9. The van der Waals surface area contributed by atoms with Gasteiger partial charge in [0.1, 0.15) is 24.3 Å². The molecule has 1 aromatic heterocycles. The number of hydrogen-bond acceptors (Lipinski definition) is 14. The summed E-state index contributed by atoms with van der Waals surface area (Å²) in [5, 5.41) is 28.9. The first-order chi connectivity index (χ1) is 27.5. The quantitative estimate of drug-likeness (QED) is 0.168. The van der Waals surface area contributed by atoms with E-state index in [1.54, 1.807) is 14.2 Å². The predicted molar refractivity (Wildman–Crippen MR) is 209 cm³/mol. The molecule has 0 amide bonds. The minimum absolute atomic E-state index is 0.0430. The lowest BCUT2D eigenvalue weighted by Crippen LogP contribution is -2.70. The van der Waals surface area contributed by atoms with Crippen LogP contribution in [0.4, 0.5) is 0 Å². The van der Waals surface area contributed by atoms with Crippen LogP contribution in [0, 0.1) is 13.8 Å². The summed E-state index contributed by atoms with van der Waals surface area (Å²) in [6.45, 7) is 8.13. The lowest BCUT2D eigenvalue weighted by molar-refractivity contribution is -0.190. The largest absolute Gasteiger partial charge is 0.504 e. The zero-order chi connectivity index (χ0) is 39.7. The van der Waals surface area contributed by atoms with Crippen molar-refractivity contribution >= 4 is 34.6 Å². The number of phenolic OH excluding ortho intramolecular Hbond substituents is 1. The number of aliphatic hydroxyl groups excluding tert-OH is 1. The fourth-order valence-corrected chi connectivity index (χ4v) is 12.5. The Morgan fingerprint density at radius 2 is 1.88 bits per heavy atom. The Morgan fingerprint density at radius 1 is 1.07 bits per heavy atom. The molecule has 14 nitrogen and oxygen atoms in total. The summed E-state index contributed by atoms with van der Waals surface area (Å²) in [5.74, 6) is 1.77. The molecule has 15 heteroatoms. The Balaban J connectivity index is 1.24. The van der Waals surface area contributed by atoms with Crippen LogP contribution in [-0.2, 0) is 32.7 Å². The number of rotatable bonds is 4. The third-order valence-electron chi connectivity index (χ3n) is 13.1. The van der Waals surface area contributed by atoms with Gasteiger partial charge in [0.15, 0.2) is 28.5 Å². The van der Waals surface area contributed by atoms with Gasteiger partial charge in [0.05, 0.1) is 43.3 Å². The van der Waals surface area contributed by atoms with Crippen LogP contribution in [0.5, 0.6) is 34.5 Å². The molecule has 8 heterocycles. The maximum absolute atomic E-state index is 14.9. The molecule has 3 aromatic carbocycles. The average molecular weight is 799 g/mol. The number of piperazine rings is 1. The summed E-state index contributed by atoms with van der Waals surface area (Å²) >= 11 is 1.54. The topological polar surface area (TPSA) is 164 Å². The van der Waals surface area contributed by atoms with E-state index in [1.807, 2.05) is 32.0 Å². The monoisotopic (exact) mass is 798 g/mol. The van der Waals surface area contributed by atoms with E-state index in [9.17, 15) is 19.8 Å². The first-order valence-corrected chi connectivity index (χ1v) is 20.6. The number of carbonyl (C=O) groups excluding carboxylic acids is 2. The second-order valence-corrected chi connectivity index (χ2v) is 16.9. The van der Waals surface area contributed by atoms with Gasteiger partial charge in [-0.1, -0.05) is 13.0 Å². The summed E-state index contributed by atoms with van der Waals surface area (Å²) in [7, 11) is 3.20. The number of aromatic amines is 1. The van der Waals surface area contributed by atoms with Gasteiger partial charge >= 0.3 is 11.9 Å². The summed E-state index contributed by atoms with van der Waals surface area (Å²) < 4.78 is 36.4. The number of aromatic hydroxyl groups is 1. The summed E-state index contributed by atoms with van der Waals surface area (Å²) in [4.78, 5) is 35.8. The average Bonchev–Trinajstić information content (AvgIpc) is 3.84. The van der Waals surface area contributed by atoms with E-state index in [4.69, 9.17) is 28.4 Å². The van der Waals surface area contributed by atoms with Crippen LogP contribution < -0.4 is 29.0 Å². The number of phenols is 1. The highest BCUT2D eigenvalue weighted by Crippen LogP contribution is 2.64. The molecule has 57 heavy (non-hydrogen) atoms.